The van der Waals surface area contributed by atoms with Crippen molar-refractivity contribution in [3.63, 3.8) is 0 Å². The predicted octanol–water partition coefficient (Wildman–Crippen LogP) is 3.02. The van der Waals surface area contributed by atoms with Gasteiger partial charge in [-0.25, -0.2) is 0 Å². The van der Waals surface area contributed by atoms with E-state index in [0.29, 0.717) is 0 Å². The van der Waals surface area contributed by atoms with Crippen molar-refractivity contribution >= 4 is 5.97 Å². The van der Waals surface area contributed by atoms with Crippen LogP contribution in [0.5, 0.6) is 0 Å². The molecule has 0 saturated heterocycles. The summed E-state index contributed by atoms with van der Waals surface area (Å²) in [5.41, 5.74) is 1.49. The summed E-state index contributed by atoms with van der Waals surface area (Å²) in [7, 11) is 0. The number of hydrogen-bond donors (Lipinski definition) is 1. The Labute approximate surface area is 112 Å². The number of ether oxygens (including phenoxy) is 1. The van der Waals surface area contributed by atoms with Crippen molar-refractivity contribution in [2.45, 2.75) is 19.1 Å². The third-order valence-corrected chi connectivity index (χ3v) is 2.85. The Kier molecular flexibility index (Phi) is 4.31. The minimum absolute atomic E-state index is 0.413. The highest BCUT2D eigenvalue weighted by Gasteiger charge is 2.25. The van der Waals surface area contributed by atoms with Crippen LogP contribution >= 0.6 is 0 Å². The van der Waals surface area contributed by atoms with Crippen molar-refractivity contribution in [3.05, 3.63) is 71.8 Å². The normalized spacial score (nSPS) is 13.6. The second-order valence-corrected chi connectivity index (χ2v) is 4.30. The average molecular weight is 256 g/mol. The molecule has 98 valence electrons. The Bertz CT molecular complexity index is 522. The van der Waals surface area contributed by atoms with E-state index < -0.39 is 18.2 Å². The lowest BCUT2D eigenvalue weighted by molar-refractivity contribution is -0.153. The van der Waals surface area contributed by atoms with E-state index in [1.54, 1.807) is 0 Å². The zero-order valence-electron chi connectivity index (χ0n) is 10.7. The van der Waals surface area contributed by atoms with Crippen LogP contribution < -0.4 is 0 Å². The van der Waals surface area contributed by atoms with Crippen LogP contribution in [0.2, 0.25) is 0 Å². The largest absolute Gasteiger partial charge is 0.455 e. The number of carbonyl (C=O) groups is 1. The maximum atomic E-state index is 11.2. The molecule has 0 aliphatic rings. The quantitative estimate of drug-likeness (QED) is 0.855. The molecule has 2 aromatic carbocycles. The molecule has 2 aromatic rings. The fourth-order valence-corrected chi connectivity index (χ4v) is 1.96. The highest BCUT2D eigenvalue weighted by Crippen LogP contribution is 2.31. The van der Waals surface area contributed by atoms with Gasteiger partial charge in [0.25, 0.3) is 0 Å². The van der Waals surface area contributed by atoms with Crippen LogP contribution in [0.4, 0.5) is 0 Å². The SMILES string of the molecule is CC(=O)O[C@@H](c1ccccc1)C(O)c1ccccc1. The Morgan fingerprint density at radius 3 is 1.89 bits per heavy atom. The van der Waals surface area contributed by atoms with E-state index in [1.807, 2.05) is 60.7 Å². The van der Waals surface area contributed by atoms with Crippen LogP contribution in [0, 0.1) is 0 Å². The van der Waals surface area contributed by atoms with Crippen LogP contribution in [0.1, 0.15) is 30.3 Å². The van der Waals surface area contributed by atoms with Crippen LogP contribution in [-0.4, -0.2) is 11.1 Å². The number of aliphatic hydroxyl groups excluding tert-OH is 1. The van der Waals surface area contributed by atoms with Gasteiger partial charge >= 0.3 is 5.97 Å². The lowest BCUT2D eigenvalue weighted by atomic mass is 9.98. The summed E-state index contributed by atoms with van der Waals surface area (Å²) < 4.78 is 5.26. The molecule has 0 aliphatic carbocycles. The van der Waals surface area contributed by atoms with Gasteiger partial charge < -0.3 is 9.84 Å². The summed E-state index contributed by atoms with van der Waals surface area (Å²) in [5.74, 6) is -0.413. The second kappa shape index (κ2) is 6.16. The smallest absolute Gasteiger partial charge is 0.303 e. The Balaban J connectivity index is 2.30. The topological polar surface area (TPSA) is 46.5 Å². The molecular formula is C16H16O3. The van der Waals surface area contributed by atoms with Crippen LogP contribution in [0.25, 0.3) is 0 Å². The summed E-state index contributed by atoms with van der Waals surface area (Å²) in [6, 6.07) is 18.4. The number of aliphatic hydroxyl groups is 1. The molecule has 2 atom stereocenters. The maximum absolute atomic E-state index is 11.2. The highest BCUT2D eigenvalue weighted by atomic mass is 16.6. The van der Waals surface area contributed by atoms with Gasteiger partial charge in [0.2, 0.25) is 0 Å². The minimum Gasteiger partial charge on any atom is -0.455 e. The van der Waals surface area contributed by atoms with Crippen molar-refractivity contribution in [2.75, 3.05) is 0 Å². The molecule has 19 heavy (non-hydrogen) atoms. The lowest BCUT2D eigenvalue weighted by Crippen LogP contribution is -2.17. The van der Waals surface area contributed by atoms with Gasteiger partial charge in [-0.2, -0.15) is 0 Å². The molecule has 0 bridgehead atoms. The molecule has 0 saturated carbocycles. The molecule has 0 aliphatic heterocycles. The zero-order valence-corrected chi connectivity index (χ0v) is 10.7. The fourth-order valence-electron chi connectivity index (χ4n) is 1.96. The number of esters is 1. The minimum atomic E-state index is -0.882. The molecule has 3 heteroatoms. The molecule has 0 spiro atoms. The van der Waals surface area contributed by atoms with Crippen molar-refractivity contribution in [3.8, 4) is 0 Å². The number of hydrogen-bond acceptors (Lipinski definition) is 3. The second-order valence-electron chi connectivity index (χ2n) is 4.30. The van der Waals surface area contributed by atoms with Gasteiger partial charge in [-0.15, -0.1) is 0 Å². The van der Waals surface area contributed by atoms with Gasteiger partial charge in [0.1, 0.15) is 6.10 Å². The van der Waals surface area contributed by atoms with Crippen LogP contribution in [-0.2, 0) is 9.53 Å². The van der Waals surface area contributed by atoms with E-state index >= 15 is 0 Å². The van der Waals surface area contributed by atoms with Crippen molar-refractivity contribution in [1.82, 2.24) is 0 Å². The van der Waals surface area contributed by atoms with Crippen LogP contribution in [0.3, 0.4) is 0 Å². The molecule has 1 N–H and O–H groups in total. The summed E-state index contributed by atoms with van der Waals surface area (Å²) in [4.78, 5) is 11.2. The molecule has 3 nitrogen and oxygen atoms in total. The highest BCUT2D eigenvalue weighted by molar-refractivity contribution is 5.66. The van der Waals surface area contributed by atoms with Gasteiger partial charge in [0.05, 0.1) is 0 Å². The van der Waals surface area contributed by atoms with Crippen molar-refractivity contribution < 1.29 is 14.6 Å². The van der Waals surface area contributed by atoms with Crippen molar-refractivity contribution in [1.29, 1.82) is 0 Å². The zero-order chi connectivity index (χ0) is 13.7. The number of rotatable bonds is 4. The average Bonchev–Trinajstić information content (AvgIpc) is 2.46. The molecule has 0 heterocycles. The van der Waals surface area contributed by atoms with E-state index in [0.717, 1.165) is 11.1 Å². The molecule has 0 amide bonds. The summed E-state index contributed by atoms with van der Waals surface area (Å²) >= 11 is 0. The number of carbonyl (C=O) groups excluding carboxylic acids is 1. The molecule has 2 rings (SSSR count). The summed E-state index contributed by atoms with van der Waals surface area (Å²) in [6.45, 7) is 1.34. The van der Waals surface area contributed by atoms with Gasteiger partial charge in [0, 0.05) is 6.92 Å². The Morgan fingerprint density at radius 1 is 0.947 bits per heavy atom. The Hall–Kier alpha value is -2.13. The van der Waals surface area contributed by atoms with E-state index in [1.165, 1.54) is 6.92 Å². The van der Waals surface area contributed by atoms with Gasteiger partial charge in [-0.3, -0.25) is 4.79 Å². The van der Waals surface area contributed by atoms with E-state index in [4.69, 9.17) is 4.74 Å². The molecule has 1 unspecified atom stereocenters. The molecule has 0 radical (unpaired) electrons. The van der Waals surface area contributed by atoms with E-state index in [-0.39, 0.29) is 0 Å². The molecule has 0 fully saturated rings. The Morgan fingerprint density at radius 2 is 1.42 bits per heavy atom. The first-order chi connectivity index (χ1) is 9.18. The summed E-state index contributed by atoms with van der Waals surface area (Å²) in [6.07, 6.45) is -1.58. The first kappa shape index (κ1) is 13.3. The standard InChI is InChI=1S/C16H16O3/c1-12(17)19-16(14-10-6-3-7-11-14)15(18)13-8-4-2-5-9-13/h2-11,15-16,18H,1H3/t15?,16-/m0/s1. The molecule has 0 aromatic heterocycles. The number of benzene rings is 2. The fraction of sp³-hybridized carbons (Fsp3) is 0.188. The van der Waals surface area contributed by atoms with Gasteiger partial charge in [-0.1, -0.05) is 60.7 Å². The summed E-state index contributed by atoms with van der Waals surface area (Å²) in [5, 5.41) is 10.4. The third kappa shape index (κ3) is 3.42. The van der Waals surface area contributed by atoms with Gasteiger partial charge in [-0.05, 0) is 11.1 Å². The van der Waals surface area contributed by atoms with Crippen LogP contribution in [0.15, 0.2) is 60.7 Å². The monoisotopic (exact) mass is 256 g/mol. The first-order valence-electron chi connectivity index (χ1n) is 6.13. The first-order valence-corrected chi connectivity index (χ1v) is 6.13. The third-order valence-electron chi connectivity index (χ3n) is 2.85. The maximum Gasteiger partial charge on any atom is 0.303 e. The van der Waals surface area contributed by atoms with Gasteiger partial charge in [0.15, 0.2) is 6.10 Å². The molecular weight excluding hydrogens is 240 g/mol. The predicted molar refractivity (Wildman–Crippen MR) is 72.4 cm³/mol. The van der Waals surface area contributed by atoms with E-state index in [9.17, 15) is 9.90 Å². The lowest BCUT2D eigenvalue weighted by Gasteiger charge is -2.23. The van der Waals surface area contributed by atoms with E-state index in [2.05, 4.69) is 0 Å². The van der Waals surface area contributed by atoms with Crippen molar-refractivity contribution in [2.24, 2.45) is 0 Å².